The summed E-state index contributed by atoms with van der Waals surface area (Å²) in [6.45, 7) is 0. The van der Waals surface area contributed by atoms with E-state index in [1.54, 1.807) is 0 Å². The second kappa shape index (κ2) is 5.23. The van der Waals surface area contributed by atoms with Crippen LogP contribution in [-0.4, -0.2) is 24.8 Å². The van der Waals surface area contributed by atoms with Crippen LogP contribution in [0.25, 0.3) is 0 Å². The fourth-order valence-corrected chi connectivity index (χ4v) is 1.98. The molecular weight excluding hydrogens is 247 g/mol. The predicted molar refractivity (Wildman–Crippen MR) is 54.2 cm³/mol. The van der Waals surface area contributed by atoms with Crippen LogP contribution in [-0.2, 0) is 9.53 Å². The fraction of sp³-hybridized carbons (Fsp3) is 0.889. The Hall–Kier alpha value is -0.490. The summed E-state index contributed by atoms with van der Waals surface area (Å²) in [6, 6.07) is 0. The summed E-state index contributed by atoms with van der Waals surface area (Å²) in [6.07, 6.45) is -4.05. The van der Waals surface area contributed by atoms with E-state index in [4.69, 9.17) is 5.73 Å². The van der Waals surface area contributed by atoms with E-state index < -0.39 is 23.6 Å². The minimum atomic E-state index is -4.28. The van der Waals surface area contributed by atoms with Gasteiger partial charge in [-0.1, -0.05) is 6.42 Å². The van der Waals surface area contributed by atoms with Crippen molar-refractivity contribution in [2.75, 3.05) is 7.11 Å². The zero-order chi connectivity index (χ0) is 11.7. The van der Waals surface area contributed by atoms with E-state index in [0.29, 0.717) is 6.42 Å². The summed E-state index contributed by atoms with van der Waals surface area (Å²) in [7, 11) is 1.13. The van der Waals surface area contributed by atoms with Gasteiger partial charge < -0.3 is 10.5 Å². The average molecular weight is 262 g/mol. The highest BCUT2D eigenvalue weighted by Gasteiger charge is 2.49. The Morgan fingerprint density at radius 1 is 1.50 bits per heavy atom. The van der Waals surface area contributed by atoms with Crippen molar-refractivity contribution < 1.29 is 22.7 Å². The molecule has 1 saturated carbocycles. The molecule has 0 aromatic heterocycles. The maximum Gasteiger partial charge on any atom is 0.391 e. The van der Waals surface area contributed by atoms with Crippen LogP contribution in [0.3, 0.4) is 0 Å². The van der Waals surface area contributed by atoms with Gasteiger partial charge in [-0.25, -0.2) is 0 Å². The van der Waals surface area contributed by atoms with Crippen molar-refractivity contribution in [1.29, 1.82) is 0 Å². The fourth-order valence-electron chi connectivity index (χ4n) is 1.98. The third-order valence-corrected chi connectivity index (χ3v) is 2.84. The molecule has 2 atom stereocenters. The highest BCUT2D eigenvalue weighted by atomic mass is 35.5. The van der Waals surface area contributed by atoms with Crippen LogP contribution in [0.5, 0.6) is 0 Å². The first kappa shape index (κ1) is 15.5. The molecule has 7 heteroatoms. The maximum absolute atomic E-state index is 12.4. The summed E-state index contributed by atoms with van der Waals surface area (Å²) in [5, 5.41) is 0. The van der Waals surface area contributed by atoms with E-state index in [0.717, 1.165) is 7.11 Å². The lowest BCUT2D eigenvalue weighted by Gasteiger charge is -2.36. The number of carbonyl (C=O) groups is 1. The van der Waals surface area contributed by atoms with Gasteiger partial charge in [-0.15, -0.1) is 12.4 Å². The van der Waals surface area contributed by atoms with Gasteiger partial charge in [0.05, 0.1) is 13.0 Å². The Bertz CT molecular complexity index is 260. The summed E-state index contributed by atoms with van der Waals surface area (Å²) < 4.78 is 41.8. The summed E-state index contributed by atoms with van der Waals surface area (Å²) >= 11 is 0. The zero-order valence-electron chi connectivity index (χ0n) is 8.84. The molecule has 2 unspecified atom stereocenters. The predicted octanol–water partition coefficient (Wildman–Crippen LogP) is 2.03. The number of methoxy groups -OCH3 is 1. The largest absolute Gasteiger partial charge is 0.468 e. The highest BCUT2D eigenvalue weighted by Crippen LogP contribution is 2.41. The van der Waals surface area contributed by atoms with Gasteiger partial charge in [0, 0.05) is 0 Å². The topological polar surface area (TPSA) is 52.3 Å². The molecule has 1 rings (SSSR count). The van der Waals surface area contributed by atoms with Crippen molar-refractivity contribution in [3.8, 4) is 0 Å². The van der Waals surface area contributed by atoms with Gasteiger partial charge in [-0.3, -0.25) is 4.79 Å². The third-order valence-electron chi connectivity index (χ3n) is 2.84. The van der Waals surface area contributed by atoms with Crippen molar-refractivity contribution in [2.24, 2.45) is 11.7 Å². The lowest BCUT2D eigenvalue weighted by molar-refractivity contribution is -0.190. The van der Waals surface area contributed by atoms with E-state index in [1.807, 2.05) is 0 Å². The van der Waals surface area contributed by atoms with Crippen molar-refractivity contribution in [1.82, 2.24) is 0 Å². The van der Waals surface area contributed by atoms with E-state index >= 15 is 0 Å². The molecule has 96 valence electrons. The molecule has 0 heterocycles. The van der Waals surface area contributed by atoms with E-state index in [2.05, 4.69) is 4.74 Å². The summed E-state index contributed by atoms with van der Waals surface area (Å²) in [4.78, 5) is 11.2. The molecule has 0 radical (unpaired) electrons. The van der Waals surface area contributed by atoms with Crippen LogP contribution in [0.2, 0.25) is 0 Å². The number of rotatable bonds is 1. The quantitative estimate of drug-likeness (QED) is 0.735. The molecule has 0 saturated heterocycles. The van der Waals surface area contributed by atoms with Crippen molar-refractivity contribution in [2.45, 2.75) is 37.4 Å². The van der Waals surface area contributed by atoms with Gasteiger partial charge in [0.25, 0.3) is 0 Å². The lowest BCUT2D eigenvalue weighted by Crippen LogP contribution is -2.53. The molecule has 0 spiro atoms. The summed E-state index contributed by atoms with van der Waals surface area (Å²) in [5.74, 6) is -2.24. The van der Waals surface area contributed by atoms with E-state index in [-0.39, 0.29) is 31.7 Å². The van der Waals surface area contributed by atoms with Gasteiger partial charge in [0.15, 0.2) is 0 Å². The van der Waals surface area contributed by atoms with Crippen LogP contribution >= 0.6 is 12.4 Å². The normalized spacial score (nSPS) is 30.4. The Morgan fingerprint density at radius 3 is 2.50 bits per heavy atom. The number of alkyl halides is 3. The molecule has 0 aromatic carbocycles. The van der Waals surface area contributed by atoms with E-state index in [1.165, 1.54) is 0 Å². The van der Waals surface area contributed by atoms with Gasteiger partial charge >= 0.3 is 12.1 Å². The van der Waals surface area contributed by atoms with Crippen molar-refractivity contribution in [3.63, 3.8) is 0 Å². The first-order valence-corrected chi connectivity index (χ1v) is 4.73. The number of halogens is 4. The molecule has 0 aliphatic heterocycles. The number of carbonyl (C=O) groups excluding carboxylic acids is 1. The Balaban J connectivity index is 0.00000225. The number of hydrogen-bond acceptors (Lipinski definition) is 3. The number of ether oxygens (including phenoxy) is 1. The molecule has 0 amide bonds. The second-order valence-electron chi connectivity index (χ2n) is 3.98. The van der Waals surface area contributed by atoms with Gasteiger partial charge in [0.1, 0.15) is 5.54 Å². The molecule has 1 aliphatic carbocycles. The molecule has 3 nitrogen and oxygen atoms in total. The van der Waals surface area contributed by atoms with Crippen LogP contribution in [0.4, 0.5) is 13.2 Å². The van der Waals surface area contributed by atoms with E-state index in [9.17, 15) is 18.0 Å². The Kier molecular flexibility index (Phi) is 5.07. The first-order valence-electron chi connectivity index (χ1n) is 4.73. The number of hydrogen-bond donors (Lipinski definition) is 1. The smallest absolute Gasteiger partial charge is 0.391 e. The molecule has 0 bridgehead atoms. The molecule has 1 fully saturated rings. The number of esters is 1. The van der Waals surface area contributed by atoms with Crippen LogP contribution in [0.15, 0.2) is 0 Å². The van der Waals surface area contributed by atoms with Crippen LogP contribution in [0.1, 0.15) is 25.7 Å². The van der Waals surface area contributed by atoms with Crippen molar-refractivity contribution >= 4 is 18.4 Å². The molecule has 0 aromatic rings. The van der Waals surface area contributed by atoms with Crippen LogP contribution in [0, 0.1) is 5.92 Å². The minimum Gasteiger partial charge on any atom is -0.468 e. The number of nitrogens with two attached hydrogens (primary N) is 1. The van der Waals surface area contributed by atoms with Gasteiger partial charge in [0.2, 0.25) is 0 Å². The first-order chi connectivity index (χ1) is 6.79. The highest BCUT2D eigenvalue weighted by molar-refractivity contribution is 5.85. The summed E-state index contributed by atoms with van der Waals surface area (Å²) in [5.41, 5.74) is 4.16. The molecule has 2 N–H and O–H groups in total. The Morgan fingerprint density at radius 2 is 2.06 bits per heavy atom. The molecular formula is C9H15ClF3NO2. The van der Waals surface area contributed by atoms with Gasteiger partial charge in [-0.05, 0) is 19.3 Å². The Labute approximate surface area is 97.9 Å². The monoisotopic (exact) mass is 261 g/mol. The van der Waals surface area contributed by atoms with Gasteiger partial charge in [-0.2, -0.15) is 13.2 Å². The lowest BCUT2D eigenvalue weighted by atomic mass is 9.76. The maximum atomic E-state index is 12.4. The average Bonchev–Trinajstić information content (AvgIpc) is 2.15. The second-order valence-corrected chi connectivity index (χ2v) is 3.98. The molecule has 16 heavy (non-hydrogen) atoms. The van der Waals surface area contributed by atoms with Crippen molar-refractivity contribution in [3.05, 3.63) is 0 Å². The minimum absolute atomic E-state index is 0. The molecule has 1 aliphatic rings. The van der Waals surface area contributed by atoms with Crippen LogP contribution < -0.4 is 5.73 Å². The third kappa shape index (κ3) is 3.25. The zero-order valence-corrected chi connectivity index (χ0v) is 9.66. The SMILES string of the molecule is COC(=O)C1(N)CCCC(C(F)(F)F)C1.Cl. The standard InChI is InChI=1S/C9H14F3NO2.ClH/c1-15-7(14)8(13)4-2-3-6(5-8)9(10,11)12;/h6H,2-5,13H2,1H3;1H.